The number of nitrogens with zero attached hydrogens (tertiary/aromatic N) is 2. The van der Waals surface area contributed by atoms with Gasteiger partial charge in [-0.05, 0) is 46.0 Å². The summed E-state index contributed by atoms with van der Waals surface area (Å²) in [6, 6.07) is 49.0. The van der Waals surface area contributed by atoms with E-state index in [2.05, 4.69) is 126 Å². The molecule has 0 aliphatic heterocycles. The Labute approximate surface area is 221 Å². The maximum Gasteiger partial charge on any atom is 0.0780 e. The molecule has 0 saturated heterocycles. The summed E-state index contributed by atoms with van der Waals surface area (Å²) in [5, 5.41) is 2.29. The van der Waals surface area contributed by atoms with Crippen molar-refractivity contribution in [1.29, 1.82) is 0 Å². The van der Waals surface area contributed by atoms with E-state index in [1.807, 2.05) is 24.4 Å². The van der Waals surface area contributed by atoms with Gasteiger partial charge in [-0.3, -0.25) is 4.98 Å². The Hall–Kier alpha value is -5.08. The van der Waals surface area contributed by atoms with Crippen molar-refractivity contribution >= 4 is 21.8 Å². The number of rotatable bonds is 4. The zero-order valence-electron chi connectivity index (χ0n) is 20.8. The zero-order valence-corrected chi connectivity index (χ0v) is 20.8. The van der Waals surface area contributed by atoms with Crippen molar-refractivity contribution in [3.8, 4) is 44.6 Å². The van der Waals surface area contributed by atoms with E-state index >= 15 is 0 Å². The molecule has 0 bridgehead atoms. The van der Waals surface area contributed by atoms with Crippen molar-refractivity contribution in [2.75, 3.05) is 0 Å². The molecule has 178 valence electrons. The first-order valence-corrected chi connectivity index (χ1v) is 12.8. The van der Waals surface area contributed by atoms with Gasteiger partial charge in [-0.15, -0.1) is 0 Å². The number of pyridine rings is 2. The van der Waals surface area contributed by atoms with Crippen LogP contribution in [0.3, 0.4) is 0 Å². The lowest BCUT2D eigenvalue weighted by atomic mass is 9.94. The van der Waals surface area contributed by atoms with E-state index in [9.17, 15) is 0 Å². The molecular weight excluding hydrogens is 460 g/mol. The Morgan fingerprint density at radius 1 is 0.421 bits per heavy atom. The fourth-order valence-electron chi connectivity index (χ4n) is 5.20. The average Bonchev–Trinajstić information content (AvgIpc) is 3.01. The van der Waals surface area contributed by atoms with Crippen LogP contribution in [0.1, 0.15) is 0 Å². The second kappa shape index (κ2) is 9.42. The fraction of sp³-hybridized carbons (Fsp3) is 0. The van der Waals surface area contributed by atoms with Gasteiger partial charge < -0.3 is 0 Å². The van der Waals surface area contributed by atoms with E-state index in [0.29, 0.717) is 0 Å². The quantitative estimate of drug-likeness (QED) is 0.249. The molecule has 0 saturated carbocycles. The van der Waals surface area contributed by atoms with E-state index in [0.717, 1.165) is 44.2 Å². The Bertz CT molecular complexity index is 1880. The van der Waals surface area contributed by atoms with Crippen molar-refractivity contribution in [2.24, 2.45) is 0 Å². The Kier molecular flexibility index (Phi) is 5.49. The van der Waals surface area contributed by atoms with Crippen LogP contribution in [0.2, 0.25) is 0 Å². The minimum Gasteiger partial charge on any atom is -0.256 e. The molecule has 5 aromatic carbocycles. The van der Waals surface area contributed by atoms with Crippen LogP contribution in [-0.4, -0.2) is 9.97 Å². The molecule has 2 heteroatoms. The number of fused-ring (bicyclic) bond motifs is 2. The molecule has 0 fully saturated rings. The Morgan fingerprint density at radius 3 is 1.84 bits per heavy atom. The van der Waals surface area contributed by atoms with Crippen molar-refractivity contribution < 1.29 is 0 Å². The van der Waals surface area contributed by atoms with Gasteiger partial charge >= 0.3 is 0 Å². The third-order valence-corrected chi connectivity index (χ3v) is 7.13. The van der Waals surface area contributed by atoms with Gasteiger partial charge in [-0.25, -0.2) is 4.98 Å². The SMILES string of the molecule is c1ccc(-c2ccc3c(-c4ccc(-c5cccc6cccnc56)cc4)cc(-c4ccccc4)nc3c2)cc1. The third kappa shape index (κ3) is 4.03. The summed E-state index contributed by atoms with van der Waals surface area (Å²) in [7, 11) is 0. The first kappa shape index (κ1) is 22.1. The molecular formula is C36H24N2. The molecule has 0 amide bonds. The highest BCUT2D eigenvalue weighted by Gasteiger charge is 2.12. The topological polar surface area (TPSA) is 25.8 Å². The summed E-state index contributed by atoms with van der Waals surface area (Å²) < 4.78 is 0. The van der Waals surface area contributed by atoms with Crippen molar-refractivity contribution in [3.05, 3.63) is 146 Å². The zero-order chi connectivity index (χ0) is 25.3. The number of benzene rings is 5. The van der Waals surface area contributed by atoms with E-state index in [-0.39, 0.29) is 0 Å². The number of para-hydroxylation sites is 1. The van der Waals surface area contributed by atoms with E-state index in [1.54, 1.807) is 0 Å². The lowest BCUT2D eigenvalue weighted by molar-refractivity contribution is 1.40. The minimum absolute atomic E-state index is 0.973. The second-order valence-electron chi connectivity index (χ2n) is 9.48. The summed E-state index contributed by atoms with van der Waals surface area (Å²) in [6.07, 6.45) is 1.86. The van der Waals surface area contributed by atoms with Crippen LogP contribution in [0.15, 0.2) is 146 Å². The second-order valence-corrected chi connectivity index (χ2v) is 9.48. The highest BCUT2D eigenvalue weighted by molar-refractivity contribution is 5.99. The fourth-order valence-corrected chi connectivity index (χ4v) is 5.20. The van der Waals surface area contributed by atoms with E-state index < -0.39 is 0 Å². The van der Waals surface area contributed by atoms with Crippen molar-refractivity contribution in [3.63, 3.8) is 0 Å². The normalized spacial score (nSPS) is 11.2. The summed E-state index contributed by atoms with van der Waals surface area (Å²) in [4.78, 5) is 9.76. The molecule has 7 aromatic rings. The van der Waals surface area contributed by atoms with Crippen molar-refractivity contribution in [1.82, 2.24) is 9.97 Å². The van der Waals surface area contributed by atoms with Gasteiger partial charge in [0.1, 0.15) is 0 Å². The van der Waals surface area contributed by atoms with Gasteiger partial charge in [-0.2, -0.15) is 0 Å². The minimum atomic E-state index is 0.973. The molecule has 2 aromatic heterocycles. The standard InChI is InChI=1S/C36H24N2/c1-3-9-25(10-4-1)30-20-21-32-33(24-34(38-35(32)23-30)28-11-5-2-6-12-28)27-18-16-26(17-19-27)31-15-7-13-29-14-8-22-37-36(29)31/h1-24H. The van der Waals surface area contributed by atoms with Crippen LogP contribution in [0.4, 0.5) is 0 Å². The Morgan fingerprint density at radius 2 is 1.08 bits per heavy atom. The van der Waals surface area contributed by atoms with Gasteiger partial charge in [0, 0.05) is 28.1 Å². The molecule has 0 atom stereocenters. The van der Waals surface area contributed by atoms with Crippen LogP contribution in [0, 0.1) is 0 Å². The maximum absolute atomic E-state index is 5.11. The molecule has 2 nitrogen and oxygen atoms in total. The van der Waals surface area contributed by atoms with Gasteiger partial charge in [0.2, 0.25) is 0 Å². The monoisotopic (exact) mass is 484 g/mol. The molecule has 7 rings (SSSR count). The molecule has 2 heterocycles. The number of hydrogen-bond acceptors (Lipinski definition) is 2. The molecule has 38 heavy (non-hydrogen) atoms. The first-order chi connectivity index (χ1) is 18.8. The third-order valence-electron chi connectivity index (χ3n) is 7.13. The van der Waals surface area contributed by atoms with Gasteiger partial charge in [0.15, 0.2) is 0 Å². The predicted molar refractivity (Wildman–Crippen MR) is 159 cm³/mol. The smallest absolute Gasteiger partial charge is 0.0780 e. The molecule has 0 N–H and O–H groups in total. The first-order valence-electron chi connectivity index (χ1n) is 12.8. The number of hydrogen-bond donors (Lipinski definition) is 0. The Balaban J connectivity index is 1.38. The molecule has 0 spiro atoms. The summed E-state index contributed by atoms with van der Waals surface area (Å²) in [5.74, 6) is 0. The van der Waals surface area contributed by atoms with E-state index in [4.69, 9.17) is 4.98 Å². The van der Waals surface area contributed by atoms with Gasteiger partial charge in [0.25, 0.3) is 0 Å². The van der Waals surface area contributed by atoms with Crippen LogP contribution in [0.5, 0.6) is 0 Å². The summed E-state index contributed by atoms with van der Waals surface area (Å²) in [5.41, 5.74) is 11.1. The highest BCUT2D eigenvalue weighted by Crippen LogP contribution is 2.36. The van der Waals surface area contributed by atoms with Gasteiger partial charge in [-0.1, -0.05) is 121 Å². The van der Waals surface area contributed by atoms with Crippen molar-refractivity contribution in [2.45, 2.75) is 0 Å². The van der Waals surface area contributed by atoms with E-state index in [1.165, 1.54) is 22.3 Å². The largest absolute Gasteiger partial charge is 0.256 e. The van der Waals surface area contributed by atoms with Crippen LogP contribution in [-0.2, 0) is 0 Å². The molecule has 0 aliphatic carbocycles. The van der Waals surface area contributed by atoms with Crippen LogP contribution >= 0.6 is 0 Å². The number of aromatic nitrogens is 2. The maximum atomic E-state index is 5.11. The van der Waals surface area contributed by atoms with Crippen LogP contribution in [0.25, 0.3) is 66.4 Å². The predicted octanol–water partition coefficient (Wildman–Crippen LogP) is 9.45. The molecule has 0 aliphatic rings. The molecule has 0 radical (unpaired) electrons. The van der Waals surface area contributed by atoms with Crippen LogP contribution < -0.4 is 0 Å². The lowest BCUT2D eigenvalue weighted by Crippen LogP contribution is -1.91. The lowest BCUT2D eigenvalue weighted by Gasteiger charge is -2.13. The van der Waals surface area contributed by atoms with Gasteiger partial charge in [0.05, 0.1) is 16.7 Å². The summed E-state index contributed by atoms with van der Waals surface area (Å²) >= 11 is 0. The summed E-state index contributed by atoms with van der Waals surface area (Å²) in [6.45, 7) is 0. The average molecular weight is 485 g/mol. The molecule has 0 unspecified atom stereocenters. The highest BCUT2D eigenvalue weighted by atomic mass is 14.7.